The van der Waals surface area contributed by atoms with Crippen molar-refractivity contribution in [3.63, 3.8) is 0 Å². The molecular formula is C25H26FN7O3. The third kappa shape index (κ3) is 5.81. The van der Waals surface area contributed by atoms with Crippen LogP contribution in [0, 0.1) is 12.7 Å². The summed E-state index contributed by atoms with van der Waals surface area (Å²) in [6, 6.07) is 9.65. The van der Waals surface area contributed by atoms with E-state index >= 15 is 0 Å². The normalized spacial score (nSPS) is 11.9. The summed E-state index contributed by atoms with van der Waals surface area (Å²) in [5, 5.41) is 22.8. The Morgan fingerprint density at radius 1 is 1.19 bits per heavy atom. The van der Waals surface area contributed by atoms with Gasteiger partial charge in [-0.2, -0.15) is 10.2 Å². The maximum atomic E-state index is 14.8. The van der Waals surface area contributed by atoms with Crippen LogP contribution in [0.2, 0.25) is 0 Å². The second-order valence-corrected chi connectivity index (χ2v) is 8.34. The zero-order chi connectivity index (χ0) is 25.7. The number of aromatic amines is 1. The molecule has 0 bridgehead atoms. The number of aryl methyl sites for hydroxylation is 1. The molecule has 11 heteroatoms. The summed E-state index contributed by atoms with van der Waals surface area (Å²) in [6.45, 7) is 2.49. The maximum Gasteiger partial charge on any atom is 0.303 e. The Morgan fingerprint density at radius 2 is 2.03 bits per heavy atom. The van der Waals surface area contributed by atoms with Crippen molar-refractivity contribution in [3.05, 3.63) is 66.5 Å². The predicted molar refractivity (Wildman–Crippen MR) is 131 cm³/mol. The number of pyridine rings is 1. The zero-order valence-corrected chi connectivity index (χ0v) is 19.6. The van der Waals surface area contributed by atoms with Crippen molar-refractivity contribution in [1.82, 2.24) is 30.3 Å². The molecule has 0 saturated carbocycles. The van der Waals surface area contributed by atoms with E-state index in [1.807, 2.05) is 25.1 Å². The Bertz CT molecular complexity index is 1380. The number of halogens is 1. The van der Waals surface area contributed by atoms with Gasteiger partial charge in [0.2, 0.25) is 5.91 Å². The predicted octanol–water partition coefficient (Wildman–Crippen LogP) is 2.76. The van der Waals surface area contributed by atoms with Crippen LogP contribution >= 0.6 is 0 Å². The van der Waals surface area contributed by atoms with Crippen LogP contribution in [0.15, 0.2) is 55.0 Å². The SMILES string of the molecule is Cc1cccc(-c2[nH]ncc2-c2ccc(F)c(-c3cnn(CCNC(=O)[C@@H](N)CCC(=O)O)c3)c2)n1. The number of amides is 1. The second-order valence-electron chi connectivity index (χ2n) is 8.34. The van der Waals surface area contributed by atoms with Crippen LogP contribution in [0.25, 0.3) is 33.6 Å². The van der Waals surface area contributed by atoms with Gasteiger partial charge in [0.15, 0.2) is 0 Å². The van der Waals surface area contributed by atoms with Crippen molar-refractivity contribution in [1.29, 1.82) is 0 Å². The fraction of sp³-hybridized carbons (Fsp3) is 0.240. The Hall–Kier alpha value is -4.38. The number of carboxylic acids is 1. The molecule has 0 spiro atoms. The summed E-state index contributed by atoms with van der Waals surface area (Å²) in [5.74, 6) is -1.83. The lowest BCUT2D eigenvalue weighted by molar-refractivity contribution is -0.137. The fourth-order valence-corrected chi connectivity index (χ4v) is 3.76. The van der Waals surface area contributed by atoms with Crippen LogP contribution < -0.4 is 11.1 Å². The largest absolute Gasteiger partial charge is 0.481 e. The minimum absolute atomic E-state index is 0.0566. The first-order valence-corrected chi connectivity index (χ1v) is 11.4. The minimum atomic E-state index is -1.01. The van der Waals surface area contributed by atoms with Gasteiger partial charge in [0.1, 0.15) is 5.82 Å². The van der Waals surface area contributed by atoms with Crippen molar-refractivity contribution >= 4 is 11.9 Å². The van der Waals surface area contributed by atoms with Crippen molar-refractivity contribution in [2.75, 3.05) is 6.54 Å². The summed E-state index contributed by atoms with van der Waals surface area (Å²) in [7, 11) is 0. The number of hydrogen-bond donors (Lipinski definition) is 4. The van der Waals surface area contributed by atoms with E-state index in [1.165, 1.54) is 6.07 Å². The van der Waals surface area contributed by atoms with Gasteiger partial charge in [0.25, 0.3) is 0 Å². The van der Waals surface area contributed by atoms with E-state index in [-0.39, 0.29) is 19.4 Å². The van der Waals surface area contributed by atoms with E-state index in [1.54, 1.807) is 35.4 Å². The first-order chi connectivity index (χ1) is 17.3. The zero-order valence-electron chi connectivity index (χ0n) is 19.6. The lowest BCUT2D eigenvalue weighted by Crippen LogP contribution is -2.42. The van der Waals surface area contributed by atoms with Gasteiger partial charge in [0, 0.05) is 41.5 Å². The van der Waals surface area contributed by atoms with Gasteiger partial charge in [-0.15, -0.1) is 0 Å². The van der Waals surface area contributed by atoms with Gasteiger partial charge in [0.05, 0.1) is 36.4 Å². The highest BCUT2D eigenvalue weighted by Gasteiger charge is 2.16. The van der Waals surface area contributed by atoms with Gasteiger partial charge < -0.3 is 16.2 Å². The molecule has 1 atom stereocenters. The molecule has 0 aliphatic heterocycles. The molecule has 10 nitrogen and oxygen atoms in total. The monoisotopic (exact) mass is 491 g/mol. The molecule has 0 saturated heterocycles. The lowest BCUT2D eigenvalue weighted by atomic mass is 9.99. The van der Waals surface area contributed by atoms with Gasteiger partial charge >= 0.3 is 5.97 Å². The van der Waals surface area contributed by atoms with Crippen LogP contribution in [0.1, 0.15) is 18.5 Å². The number of nitrogens with one attached hydrogen (secondary N) is 2. The smallest absolute Gasteiger partial charge is 0.303 e. The topological polar surface area (TPSA) is 152 Å². The molecule has 186 valence electrons. The number of benzene rings is 1. The van der Waals surface area contributed by atoms with Crippen molar-refractivity contribution < 1.29 is 19.1 Å². The van der Waals surface area contributed by atoms with Crippen LogP contribution in [0.3, 0.4) is 0 Å². The number of carbonyl (C=O) groups excluding carboxylic acids is 1. The number of carbonyl (C=O) groups is 2. The highest BCUT2D eigenvalue weighted by atomic mass is 19.1. The molecule has 1 amide bonds. The van der Waals surface area contributed by atoms with Crippen molar-refractivity contribution in [3.8, 4) is 33.6 Å². The molecule has 4 rings (SSSR count). The molecule has 1 aromatic carbocycles. The van der Waals surface area contributed by atoms with E-state index in [9.17, 15) is 14.0 Å². The van der Waals surface area contributed by atoms with Crippen LogP contribution in [0.5, 0.6) is 0 Å². The summed E-state index contributed by atoms with van der Waals surface area (Å²) in [6.07, 6.45) is 4.81. The van der Waals surface area contributed by atoms with Crippen LogP contribution in [-0.2, 0) is 16.1 Å². The first-order valence-electron chi connectivity index (χ1n) is 11.4. The molecule has 0 aliphatic carbocycles. The Labute approximate surface area is 206 Å². The maximum absolute atomic E-state index is 14.8. The number of carboxylic acid groups (broad SMARTS) is 1. The third-order valence-electron chi connectivity index (χ3n) is 5.65. The quantitative estimate of drug-likeness (QED) is 0.266. The fourth-order valence-electron chi connectivity index (χ4n) is 3.76. The Kier molecular flexibility index (Phi) is 7.50. The molecule has 36 heavy (non-hydrogen) atoms. The average molecular weight is 492 g/mol. The van der Waals surface area contributed by atoms with E-state index in [0.29, 0.717) is 17.7 Å². The Balaban J connectivity index is 1.46. The number of aromatic nitrogens is 5. The molecule has 3 heterocycles. The third-order valence-corrected chi connectivity index (χ3v) is 5.65. The summed E-state index contributed by atoms with van der Waals surface area (Å²) >= 11 is 0. The molecule has 0 radical (unpaired) electrons. The molecular weight excluding hydrogens is 465 g/mol. The highest BCUT2D eigenvalue weighted by Crippen LogP contribution is 2.33. The number of hydrogen-bond acceptors (Lipinski definition) is 6. The number of nitrogens with zero attached hydrogens (tertiary/aromatic N) is 4. The molecule has 0 fully saturated rings. The molecule has 0 unspecified atom stereocenters. The van der Waals surface area contributed by atoms with Gasteiger partial charge in [-0.3, -0.25) is 24.4 Å². The van der Waals surface area contributed by atoms with Gasteiger partial charge in [-0.1, -0.05) is 12.1 Å². The number of aliphatic carboxylic acids is 1. The van der Waals surface area contributed by atoms with Crippen molar-refractivity contribution in [2.45, 2.75) is 32.4 Å². The van der Waals surface area contributed by atoms with E-state index in [2.05, 4.69) is 25.6 Å². The van der Waals surface area contributed by atoms with E-state index in [4.69, 9.17) is 10.8 Å². The minimum Gasteiger partial charge on any atom is -0.481 e. The molecule has 4 aromatic rings. The highest BCUT2D eigenvalue weighted by molar-refractivity contribution is 5.82. The summed E-state index contributed by atoms with van der Waals surface area (Å²) in [5.41, 5.74) is 10.6. The van der Waals surface area contributed by atoms with E-state index < -0.39 is 23.7 Å². The number of H-pyrrole nitrogens is 1. The van der Waals surface area contributed by atoms with Crippen LogP contribution in [0.4, 0.5) is 4.39 Å². The first kappa shape index (κ1) is 24.7. The van der Waals surface area contributed by atoms with E-state index in [0.717, 1.165) is 28.2 Å². The van der Waals surface area contributed by atoms with Gasteiger partial charge in [-0.25, -0.2) is 4.39 Å². The lowest BCUT2D eigenvalue weighted by Gasteiger charge is -2.11. The van der Waals surface area contributed by atoms with Crippen LogP contribution in [-0.4, -0.2) is 54.5 Å². The Morgan fingerprint density at radius 3 is 2.81 bits per heavy atom. The average Bonchev–Trinajstić information content (AvgIpc) is 3.53. The summed E-state index contributed by atoms with van der Waals surface area (Å²) in [4.78, 5) is 27.2. The molecule has 5 N–H and O–H groups in total. The summed E-state index contributed by atoms with van der Waals surface area (Å²) < 4.78 is 16.4. The molecule has 0 aliphatic rings. The standard InChI is InChI=1S/C25H26FN7O3/c1-15-3-2-4-22(31-15)24-19(13-29-32-24)16-5-6-20(26)18(11-16)17-12-30-33(14-17)10-9-28-25(36)21(27)7-8-23(34)35/h2-6,11-14,21H,7-10,27H2,1H3,(H,28,36)(H,29,32)(H,34,35)/t21-/m0/s1. The van der Waals surface area contributed by atoms with Gasteiger partial charge in [-0.05, 0) is 43.2 Å². The van der Waals surface area contributed by atoms with Crippen molar-refractivity contribution in [2.24, 2.45) is 5.73 Å². The second kappa shape index (κ2) is 10.9. The number of nitrogens with two attached hydrogens (primary N) is 1. The number of rotatable bonds is 10. The molecule has 3 aromatic heterocycles.